The van der Waals surface area contributed by atoms with Crippen molar-refractivity contribution in [2.75, 3.05) is 0 Å². The van der Waals surface area contributed by atoms with E-state index >= 15 is 0 Å². The number of benzene rings is 1. The van der Waals surface area contributed by atoms with Crippen molar-refractivity contribution in [1.29, 1.82) is 0 Å². The third kappa shape index (κ3) is 1.45. The van der Waals surface area contributed by atoms with E-state index in [1.807, 2.05) is 5.38 Å². The highest BCUT2D eigenvalue weighted by Gasteiger charge is 2.07. The molecule has 0 aliphatic rings. The van der Waals surface area contributed by atoms with Gasteiger partial charge in [0.15, 0.2) is 0 Å². The summed E-state index contributed by atoms with van der Waals surface area (Å²) in [5.41, 5.74) is 1.44. The van der Waals surface area contributed by atoms with E-state index in [0.29, 0.717) is 5.56 Å². The summed E-state index contributed by atoms with van der Waals surface area (Å²) in [4.78, 5) is 11.4. The van der Waals surface area contributed by atoms with Crippen molar-refractivity contribution < 1.29 is 9.90 Å². The van der Waals surface area contributed by atoms with Gasteiger partial charge in [0, 0.05) is 15.2 Å². The van der Waals surface area contributed by atoms with Gasteiger partial charge in [-0.3, -0.25) is 4.79 Å². The molecule has 1 aromatic heterocycles. The lowest BCUT2D eigenvalue weighted by molar-refractivity contribution is 0.112. The van der Waals surface area contributed by atoms with Crippen molar-refractivity contribution in [3.8, 4) is 0 Å². The summed E-state index contributed by atoms with van der Waals surface area (Å²) in [6.07, 6.45) is 0.790. The van der Waals surface area contributed by atoms with E-state index in [9.17, 15) is 4.79 Å². The van der Waals surface area contributed by atoms with Crippen LogP contribution in [0.3, 0.4) is 0 Å². The van der Waals surface area contributed by atoms with Gasteiger partial charge in [0.2, 0.25) is 0 Å². The van der Waals surface area contributed by atoms with Gasteiger partial charge in [0.25, 0.3) is 0 Å². The molecular formula is C10H8O2S2. The minimum Gasteiger partial charge on any atom is -0.392 e. The molecule has 0 bridgehead atoms. The first kappa shape index (κ1) is 9.71. The van der Waals surface area contributed by atoms with E-state index < -0.39 is 0 Å². The Labute approximate surface area is 90.6 Å². The lowest BCUT2D eigenvalue weighted by Crippen LogP contribution is -1.83. The predicted octanol–water partition coefficient (Wildman–Crippen LogP) is 2.49. The number of hydrogen-bond donors (Lipinski definition) is 2. The molecule has 0 radical (unpaired) electrons. The second-order valence-corrected chi connectivity index (χ2v) is 4.32. The Morgan fingerprint density at radius 1 is 1.50 bits per heavy atom. The number of fused-ring (bicyclic) bond motifs is 1. The zero-order chi connectivity index (χ0) is 10.1. The van der Waals surface area contributed by atoms with Crippen molar-refractivity contribution in [2.45, 2.75) is 11.5 Å². The number of rotatable bonds is 2. The molecule has 0 saturated heterocycles. The Morgan fingerprint density at radius 3 is 2.93 bits per heavy atom. The fourth-order valence-corrected chi connectivity index (χ4v) is 2.77. The topological polar surface area (TPSA) is 37.3 Å². The SMILES string of the molecule is O=Cc1cc(S)c2scc(CO)c2c1. The van der Waals surface area contributed by atoms with Crippen LogP contribution in [0.1, 0.15) is 15.9 Å². The molecule has 2 rings (SSSR count). The fraction of sp³-hybridized carbons (Fsp3) is 0.100. The summed E-state index contributed by atoms with van der Waals surface area (Å²) in [5, 5.41) is 11.9. The number of thiophene rings is 1. The minimum atomic E-state index is -0.00444. The van der Waals surface area contributed by atoms with E-state index in [1.165, 1.54) is 11.3 Å². The second-order valence-electron chi connectivity index (χ2n) is 2.95. The molecular weight excluding hydrogens is 216 g/mol. The van der Waals surface area contributed by atoms with Crippen LogP contribution in [0.5, 0.6) is 0 Å². The lowest BCUT2D eigenvalue weighted by atomic mass is 10.1. The van der Waals surface area contributed by atoms with Gasteiger partial charge in [0.05, 0.1) is 6.61 Å². The maximum Gasteiger partial charge on any atom is 0.150 e. The molecule has 1 heterocycles. The summed E-state index contributed by atoms with van der Waals surface area (Å²) in [5.74, 6) is 0. The highest BCUT2D eigenvalue weighted by molar-refractivity contribution is 7.80. The molecule has 0 aliphatic heterocycles. The fourth-order valence-electron chi connectivity index (χ4n) is 1.38. The van der Waals surface area contributed by atoms with Crippen LogP contribution in [0.2, 0.25) is 0 Å². The molecule has 1 N–H and O–H groups in total. The highest BCUT2D eigenvalue weighted by Crippen LogP contribution is 2.32. The normalized spacial score (nSPS) is 10.7. The number of carbonyl (C=O) groups excluding carboxylic acids is 1. The number of aliphatic hydroxyl groups is 1. The van der Waals surface area contributed by atoms with E-state index in [4.69, 9.17) is 5.11 Å². The quantitative estimate of drug-likeness (QED) is 0.607. The Balaban J connectivity index is 2.79. The molecule has 0 atom stereocenters. The van der Waals surface area contributed by atoms with Crippen LogP contribution in [0.15, 0.2) is 22.4 Å². The first-order chi connectivity index (χ1) is 6.76. The molecule has 2 nitrogen and oxygen atoms in total. The third-order valence-electron chi connectivity index (χ3n) is 2.06. The van der Waals surface area contributed by atoms with E-state index in [-0.39, 0.29) is 6.61 Å². The Hall–Kier alpha value is -0.840. The number of aliphatic hydroxyl groups excluding tert-OH is 1. The van der Waals surface area contributed by atoms with Gasteiger partial charge < -0.3 is 5.11 Å². The first-order valence-corrected chi connectivity index (χ1v) is 5.38. The molecule has 14 heavy (non-hydrogen) atoms. The lowest BCUT2D eigenvalue weighted by Gasteiger charge is -1.98. The average Bonchev–Trinajstić information content (AvgIpc) is 2.61. The molecule has 0 aliphatic carbocycles. The number of thiol groups is 1. The number of aldehydes is 1. The maximum absolute atomic E-state index is 10.6. The number of carbonyl (C=O) groups is 1. The van der Waals surface area contributed by atoms with E-state index in [1.54, 1.807) is 12.1 Å². The Morgan fingerprint density at radius 2 is 2.29 bits per heavy atom. The van der Waals surface area contributed by atoms with Gasteiger partial charge in [-0.25, -0.2) is 0 Å². The van der Waals surface area contributed by atoms with Crippen molar-refractivity contribution in [1.82, 2.24) is 0 Å². The van der Waals surface area contributed by atoms with Crippen LogP contribution in [0.4, 0.5) is 0 Å². The molecule has 2 aromatic rings. The van der Waals surface area contributed by atoms with Gasteiger partial charge in [-0.1, -0.05) is 0 Å². The summed E-state index contributed by atoms with van der Waals surface area (Å²) >= 11 is 5.83. The van der Waals surface area contributed by atoms with Crippen molar-refractivity contribution >= 4 is 40.3 Å². The van der Waals surface area contributed by atoms with E-state index in [0.717, 1.165) is 26.8 Å². The molecule has 1 aromatic carbocycles. The average molecular weight is 224 g/mol. The Bertz CT molecular complexity index is 488. The standard InChI is InChI=1S/C10H8O2S2/c11-3-6-1-8-7(4-12)5-14-10(8)9(13)2-6/h1-3,5,12-13H,4H2. The minimum absolute atomic E-state index is 0.00444. The maximum atomic E-state index is 10.6. The van der Waals surface area contributed by atoms with Crippen LogP contribution >= 0.6 is 24.0 Å². The first-order valence-electron chi connectivity index (χ1n) is 4.05. The van der Waals surface area contributed by atoms with Crippen LogP contribution < -0.4 is 0 Å². The number of hydrogen-bond acceptors (Lipinski definition) is 4. The van der Waals surface area contributed by atoms with Crippen molar-refractivity contribution in [3.63, 3.8) is 0 Å². The summed E-state index contributed by atoms with van der Waals surface area (Å²) < 4.78 is 1.02. The summed E-state index contributed by atoms with van der Waals surface area (Å²) in [7, 11) is 0. The van der Waals surface area contributed by atoms with Crippen LogP contribution in [-0.2, 0) is 6.61 Å². The van der Waals surface area contributed by atoms with Gasteiger partial charge in [-0.2, -0.15) is 0 Å². The largest absolute Gasteiger partial charge is 0.392 e. The van der Waals surface area contributed by atoms with Crippen molar-refractivity contribution in [2.24, 2.45) is 0 Å². The van der Waals surface area contributed by atoms with Crippen LogP contribution in [0.25, 0.3) is 10.1 Å². The molecule has 0 fully saturated rings. The molecule has 0 unspecified atom stereocenters. The van der Waals surface area contributed by atoms with Crippen LogP contribution in [-0.4, -0.2) is 11.4 Å². The Kier molecular flexibility index (Phi) is 2.58. The molecule has 72 valence electrons. The van der Waals surface area contributed by atoms with Gasteiger partial charge in [-0.15, -0.1) is 24.0 Å². The highest BCUT2D eigenvalue weighted by atomic mass is 32.1. The molecule has 0 spiro atoms. The van der Waals surface area contributed by atoms with E-state index in [2.05, 4.69) is 12.6 Å². The summed E-state index contributed by atoms with van der Waals surface area (Å²) in [6, 6.07) is 3.51. The molecule has 4 heteroatoms. The van der Waals surface area contributed by atoms with Crippen LogP contribution in [0, 0.1) is 0 Å². The summed E-state index contributed by atoms with van der Waals surface area (Å²) in [6.45, 7) is -0.00444. The predicted molar refractivity (Wildman–Crippen MR) is 60.4 cm³/mol. The van der Waals surface area contributed by atoms with Gasteiger partial charge >= 0.3 is 0 Å². The zero-order valence-corrected chi connectivity index (χ0v) is 8.94. The van der Waals surface area contributed by atoms with Gasteiger partial charge in [-0.05, 0) is 28.5 Å². The second kappa shape index (κ2) is 3.73. The van der Waals surface area contributed by atoms with Gasteiger partial charge in [0.1, 0.15) is 6.29 Å². The third-order valence-corrected chi connectivity index (χ3v) is 3.64. The molecule has 0 saturated carbocycles. The monoisotopic (exact) mass is 224 g/mol. The van der Waals surface area contributed by atoms with Crippen molar-refractivity contribution in [3.05, 3.63) is 28.6 Å². The smallest absolute Gasteiger partial charge is 0.150 e. The zero-order valence-electron chi connectivity index (χ0n) is 7.23. The molecule has 0 amide bonds.